The zero-order valence-electron chi connectivity index (χ0n) is 22.8. The van der Waals surface area contributed by atoms with Crippen LogP contribution in [0.15, 0.2) is 36.5 Å². The standard InChI is InChI=1S/C29H44N6O2/c1-4-6-17-33(18-7-5-2)22-23-12-10-11-19-34(23)21-16-30-29(37)35-25-14-9-8-13-24(25)31-28(36)27-26(35)15-20-32(27)3/h8-9,13-15,20,23H,4-7,10-12,16-19,21-22H2,1-3H3,(H,30,37)(H,31,36). The lowest BCUT2D eigenvalue weighted by molar-refractivity contribution is 0.102. The number of amides is 3. The number of rotatable bonds is 11. The zero-order chi connectivity index (χ0) is 26.2. The molecule has 0 saturated carbocycles. The number of carbonyl (C=O) groups excluding carboxylic acids is 2. The number of fused-ring (bicyclic) bond motifs is 2. The Labute approximate surface area is 222 Å². The third-order valence-electron chi connectivity index (χ3n) is 7.65. The predicted molar refractivity (Wildman–Crippen MR) is 151 cm³/mol. The quantitative estimate of drug-likeness (QED) is 0.438. The predicted octanol–water partition coefficient (Wildman–Crippen LogP) is 5.20. The van der Waals surface area contributed by atoms with Crippen molar-refractivity contribution >= 4 is 29.0 Å². The molecule has 0 radical (unpaired) electrons. The van der Waals surface area contributed by atoms with Gasteiger partial charge in [0.15, 0.2) is 0 Å². The van der Waals surface area contributed by atoms with Gasteiger partial charge in [-0.1, -0.05) is 45.2 Å². The van der Waals surface area contributed by atoms with Gasteiger partial charge in [0.1, 0.15) is 5.69 Å². The van der Waals surface area contributed by atoms with Gasteiger partial charge in [-0.15, -0.1) is 0 Å². The summed E-state index contributed by atoms with van der Waals surface area (Å²) in [5.74, 6) is -0.211. The molecule has 8 nitrogen and oxygen atoms in total. The van der Waals surface area contributed by atoms with E-state index >= 15 is 0 Å². The molecule has 1 unspecified atom stereocenters. The molecular weight excluding hydrogens is 464 g/mol. The summed E-state index contributed by atoms with van der Waals surface area (Å²) in [6.07, 6.45) is 10.5. The van der Waals surface area contributed by atoms with Crippen LogP contribution < -0.4 is 15.5 Å². The van der Waals surface area contributed by atoms with E-state index in [1.807, 2.05) is 43.6 Å². The van der Waals surface area contributed by atoms with Gasteiger partial charge in [-0.05, 0) is 63.5 Å². The fourth-order valence-electron chi connectivity index (χ4n) is 5.58. The van der Waals surface area contributed by atoms with Crippen LogP contribution in [0.2, 0.25) is 0 Å². The molecule has 3 heterocycles. The highest BCUT2D eigenvalue weighted by Gasteiger charge is 2.31. The van der Waals surface area contributed by atoms with Crippen molar-refractivity contribution in [3.8, 4) is 0 Å². The Balaban J connectivity index is 1.42. The summed E-state index contributed by atoms with van der Waals surface area (Å²) in [5, 5.41) is 6.12. The molecule has 1 atom stereocenters. The van der Waals surface area contributed by atoms with E-state index in [1.54, 1.807) is 9.47 Å². The number of nitrogens with zero attached hydrogens (tertiary/aromatic N) is 4. The summed E-state index contributed by atoms with van der Waals surface area (Å²) in [6, 6.07) is 9.63. The number of piperidine rings is 1. The van der Waals surface area contributed by atoms with Crippen molar-refractivity contribution in [2.24, 2.45) is 7.05 Å². The monoisotopic (exact) mass is 508 g/mol. The molecule has 0 aliphatic carbocycles. The number of hydrogen-bond donors (Lipinski definition) is 2. The molecule has 1 saturated heterocycles. The molecule has 0 bridgehead atoms. The molecule has 0 spiro atoms. The van der Waals surface area contributed by atoms with Crippen molar-refractivity contribution in [1.29, 1.82) is 0 Å². The van der Waals surface area contributed by atoms with E-state index in [-0.39, 0.29) is 11.9 Å². The SMILES string of the molecule is CCCCN(CCCC)CC1CCCCN1CCNC(=O)N1c2ccccc2NC(=O)c2c1ccn2C. The van der Waals surface area contributed by atoms with Gasteiger partial charge in [0, 0.05) is 38.9 Å². The molecule has 2 N–H and O–H groups in total. The van der Waals surface area contributed by atoms with Crippen LogP contribution in [0.4, 0.5) is 21.9 Å². The first-order valence-electron chi connectivity index (χ1n) is 14.1. The topological polar surface area (TPSA) is 72.8 Å². The lowest BCUT2D eigenvalue weighted by Crippen LogP contribution is -2.50. The molecular formula is C29H44N6O2. The van der Waals surface area contributed by atoms with Gasteiger partial charge in [0.25, 0.3) is 5.91 Å². The Morgan fingerprint density at radius 1 is 1.08 bits per heavy atom. The number of likely N-dealkylation sites (tertiary alicyclic amines) is 1. The minimum atomic E-state index is -0.211. The summed E-state index contributed by atoms with van der Waals surface area (Å²) in [6.45, 7) is 10.5. The van der Waals surface area contributed by atoms with E-state index in [2.05, 4.69) is 34.3 Å². The maximum absolute atomic E-state index is 13.6. The second-order valence-electron chi connectivity index (χ2n) is 10.4. The second-order valence-corrected chi connectivity index (χ2v) is 10.4. The third kappa shape index (κ3) is 6.54. The lowest BCUT2D eigenvalue weighted by atomic mass is 10.0. The summed E-state index contributed by atoms with van der Waals surface area (Å²) in [7, 11) is 1.82. The van der Waals surface area contributed by atoms with Crippen LogP contribution in [0, 0.1) is 0 Å². The minimum absolute atomic E-state index is 0.211. The smallest absolute Gasteiger partial charge is 0.326 e. The van der Waals surface area contributed by atoms with Crippen LogP contribution in [-0.2, 0) is 7.05 Å². The Bertz CT molecular complexity index is 1040. The van der Waals surface area contributed by atoms with Crippen molar-refractivity contribution in [2.45, 2.75) is 64.8 Å². The highest BCUT2D eigenvalue weighted by Crippen LogP contribution is 2.38. The zero-order valence-corrected chi connectivity index (χ0v) is 22.8. The van der Waals surface area contributed by atoms with Crippen LogP contribution >= 0.6 is 0 Å². The number of benzene rings is 1. The lowest BCUT2D eigenvalue weighted by Gasteiger charge is -2.39. The van der Waals surface area contributed by atoms with Gasteiger partial charge in [0.05, 0.1) is 17.1 Å². The maximum atomic E-state index is 13.6. The van der Waals surface area contributed by atoms with Gasteiger partial charge in [-0.3, -0.25) is 14.6 Å². The van der Waals surface area contributed by atoms with Crippen LogP contribution in [0.5, 0.6) is 0 Å². The number of unbranched alkanes of at least 4 members (excludes halogenated alkanes) is 2. The summed E-state index contributed by atoms with van der Waals surface area (Å²) < 4.78 is 1.76. The van der Waals surface area contributed by atoms with Gasteiger partial charge in [0.2, 0.25) is 0 Å². The minimum Gasteiger partial charge on any atom is -0.345 e. The number of aryl methyl sites for hydroxylation is 1. The summed E-state index contributed by atoms with van der Waals surface area (Å²) >= 11 is 0. The van der Waals surface area contributed by atoms with E-state index in [0.717, 1.165) is 19.6 Å². The Morgan fingerprint density at radius 3 is 2.59 bits per heavy atom. The number of carbonyl (C=O) groups is 2. The van der Waals surface area contributed by atoms with E-state index in [9.17, 15) is 9.59 Å². The second kappa shape index (κ2) is 13.1. The average molecular weight is 509 g/mol. The molecule has 4 rings (SSSR count). The maximum Gasteiger partial charge on any atom is 0.326 e. The molecule has 3 amide bonds. The number of anilines is 3. The van der Waals surface area contributed by atoms with Gasteiger partial charge >= 0.3 is 6.03 Å². The van der Waals surface area contributed by atoms with Crippen LogP contribution in [0.25, 0.3) is 0 Å². The van der Waals surface area contributed by atoms with Gasteiger partial charge in [-0.25, -0.2) is 4.79 Å². The first-order valence-corrected chi connectivity index (χ1v) is 14.1. The highest BCUT2D eigenvalue weighted by molar-refractivity contribution is 6.16. The van der Waals surface area contributed by atoms with Crippen molar-refractivity contribution in [2.75, 3.05) is 49.5 Å². The largest absolute Gasteiger partial charge is 0.345 e. The molecule has 8 heteroatoms. The number of nitrogens with one attached hydrogen (secondary N) is 2. The van der Waals surface area contributed by atoms with Crippen LogP contribution in [-0.4, -0.2) is 71.6 Å². The molecule has 2 aromatic rings. The molecule has 1 fully saturated rings. The van der Waals surface area contributed by atoms with Crippen LogP contribution in [0.1, 0.15) is 69.3 Å². The first-order chi connectivity index (χ1) is 18.0. The van der Waals surface area contributed by atoms with E-state index in [0.29, 0.717) is 35.3 Å². The van der Waals surface area contributed by atoms with Crippen LogP contribution in [0.3, 0.4) is 0 Å². The fourth-order valence-corrected chi connectivity index (χ4v) is 5.58. The Kier molecular flexibility index (Phi) is 9.63. The molecule has 2 aliphatic heterocycles. The van der Waals surface area contributed by atoms with E-state index in [1.165, 1.54) is 58.0 Å². The summed E-state index contributed by atoms with van der Waals surface area (Å²) in [5.41, 5.74) is 2.38. The summed E-state index contributed by atoms with van der Waals surface area (Å²) in [4.78, 5) is 33.3. The van der Waals surface area contributed by atoms with Gasteiger partial charge in [-0.2, -0.15) is 0 Å². The van der Waals surface area contributed by atoms with Crippen molar-refractivity contribution < 1.29 is 9.59 Å². The molecule has 1 aromatic carbocycles. The Morgan fingerprint density at radius 2 is 1.84 bits per heavy atom. The van der Waals surface area contributed by atoms with E-state index < -0.39 is 0 Å². The van der Waals surface area contributed by atoms with Gasteiger partial charge < -0.3 is 20.1 Å². The highest BCUT2D eigenvalue weighted by atomic mass is 16.2. The van der Waals surface area contributed by atoms with Crippen molar-refractivity contribution in [3.05, 3.63) is 42.2 Å². The third-order valence-corrected chi connectivity index (χ3v) is 7.65. The molecule has 1 aromatic heterocycles. The number of hydrogen-bond acceptors (Lipinski definition) is 4. The number of para-hydroxylation sites is 2. The average Bonchev–Trinajstić information content (AvgIpc) is 3.22. The van der Waals surface area contributed by atoms with Crippen molar-refractivity contribution in [1.82, 2.24) is 19.7 Å². The molecule has 37 heavy (non-hydrogen) atoms. The normalized spacial score (nSPS) is 17.8. The first kappa shape index (κ1) is 27.2. The molecule has 2 aliphatic rings. The Hall–Kier alpha value is -2.84. The fraction of sp³-hybridized carbons (Fsp3) is 0.586. The van der Waals surface area contributed by atoms with Crippen molar-refractivity contribution in [3.63, 3.8) is 0 Å². The molecule has 202 valence electrons. The number of urea groups is 1. The van der Waals surface area contributed by atoms with E-state index in [4.69, 9.17) is 0 Å². The number of aromatic nitrogens is 1.